The molecule has 176 valence electrons. The van der Waals surface area contributed by atoms with Crippen LogP contribution in [-0.2, 0) is 11.2 Å². The third-order valence-corrected chi connectivity index (χ3v) is 6.14. The van der Waals surface area contributed by atoms with Gasteiger partial charge < -0.3 is 20.5 Å². The second-order valence-corrected chi connectivity index (χ2v) is 8.54. The van der Waals surface area contributed by atoms with E-state index in [0.717, 1.165) is 12.0 Å². The van der Waals surface area contributed by atoms with Gasteiger partial charge in [-0.15, -0.1) is 0 Å². The van der Waals surface area contributed by atoms with E-state index in [2.05, 4.69) is 17.6 Å². The van der Waals surface area contributed by atoms with E-state index in [9.17, 15) is 14.4 Å². The number of aliphatic carboxylic acids is 1. The molecule has 2 aromatic carbocycles. The summed E-state index contributed by atoms with van der Waals surface area (Å²) in [6, 6.07) is 12.3. The highest BCUT2D eigenvalue weighted by Gasteiger charge is 2.27. The van der Waals surface area contributed by atoms with Crippen LogP contribution in [0.1, 0.15) is 58.9 Å². The van der Waals surface area contributed by atoms with Crippen LogP contribution >= 0.6 is 11.6 Å². The monoisotopic (exact) mass is 472 g/mol. The normalized spacial score (nSPS) is 17.8. The highest BCUT2D eigenvalue weighted by atomic mass is 35.5. The summed E-state index contributed by atoms with van der Waals surface area (Å²) in [7, 11) is 0. The lowest BCUT2D eigenvalue weighted by Crippen LogP contribution is -2.34. The van der Waals surface area contributed by atoms with Gasteiger partial charge in [-0.3, -0.25) is 14.4 Å². The molecule has 1 fully saturated rings. The molecule has 0 atom stereocenters. The van der Waals surface area contributed by atoms with Crippen molar-refractivity contribution in [1.82, 2.24) is 10.6 Å². The number of halogens is 1. The van der Waals surface area contributed by atoms with Gasteiger partial charge in [-0.25, -0.2) is 0 Å². The molecule has 1 saturated carbocycles. The lowest BCUT2D eigenvalue weighted by Gasteiger charge is -2.26. The van der Waals surface area contributed by atoms with Crippen LogP contribution in [0.2, 0.25) is 5.02 Å². The fourth-order valence-electron chi connectivity index (χ4n) is 3.81. The van der Waals surface area contributed by atoms with E-state index < -0.39 is 5.97 Å². The van der Waals surface area contributed by atoms with Gasteiger partial charge in [0.05, 0.1) is 22.6 Å². The number of hydrogen-bond acceptors (Lipinski definition) is 4. The molecule has 2 amide bonds. The Bertz CT molecular complexity index is 985. The van der Waals surface area contributed by atoms with E-state index in [1.807, 2.05) is 12.1 Å². The van der Waals surface area contributed by atoms with Crippen LogP contribution in [0, 0.1) is 5.92 Å². The van der Waals surface area contributed by atoms with Gasteiger partial charge in [0.25, 0.3) is 11.8 Å². The van der Waals surface area contributed by atoms with Gasteiger partial charge in [-0.05, 0) is 68.0 Å². The fourth-order valence-corrected chi connectivity index (χ4v) is 4.07. The van der Waals surface area contributed by atoms with Gasteiger partial charge in [-0.2, -0.15) is 0 Å². The number of hydrogen-bond donors (Lipinski definition) is 3. The van der Waals surface area contributed by atoms with E-state index >= 15 is 0 Å². The maximum Gasteiger partial charge on any atom is 0.306 e. The zero-order valence-corrected chi connectivity index (χ0v) is 19.4. The first-order valence-corrected chi connectivity index (χ1v) is 11.6. The lowest BCUT2D eigenvalue weighted by molar-refractivity contribution is -0.143. The zero-order chi connectivity index (χ0) is 23.8. The topological polar surface area (TPSA) is 105 Å². The molecule has 0 bridgehead atoms. The SMILES string of the molecule is CCc1ccc(C(=O)NCCNC(=O)c2ccc(O[C@H]3CC[C@@H](C(=O)O)CC3)cc2Cl)cc1. The molecule has 2 aromatic rings. The van der Waals surface area contributed by atoms with Gasteiger partial charge >= 0.3 is 5.97 Å². The van der Waals surface area contributed by atoms with Crippen molar-refractivity contribution in [2.24, 2.45) is 5.92 Å². The lowest BCUT2D eigenvalue weighted by atomic mass is 9.87. The van der Waals surface area contributed by atoms with Crippen molar-refractivity contribution >= 4 is 29.4 Å². The first kappa shape index (κ1) is 24.6. The summed E-state index contributed by atoms with van der Waals surface area (Å²) < 4.78 is 5.92. The van der Waals surface area contributed by atoms with Crippen LogP contribution < -0.4 is 15.4 Å². The second kappa shape index (κ2) is 11.7. The van der Waals surface area contributed by atoms with Gasteiger partial charge in [-0.1, -0.05) is 30.7 Å². The summed E-state index contributed by atoms with van der Waals surface area (Å²) in [5, 5.41) is 14.9. The summed E-state index contributed by atoms with van der Waals surface area (Å²) in [5.74, 6) is -1.03. The number of nitrogens with one attached hydrogen (secondary N) is 2. The summed E-state index contributed by atoms with van der Waals surface area (Å²) in [4.78, 5) is 35.7. The largest absolute Gasteiger partial charge is 0.490 e. The van der Waals surface area contributed by atoms with Crippen molar-refractivity contribution in [1.29, 1.82) is 0 Å². The number of carboxylic acids is 1. The Labute approximate surface area is 198 Å². The third-order valence-electron chi connectivity index (χ3n) is 5.83. The van der Waals surface area contributed by atoms with Crippen molar-refractivity contribution in [3.8, 4) is 5.75 Å². The van der Waals surface area contributed by atoms with Gasteiger partial charge in [0.2, 0.25) is 0 Å². The summed E-state index contributed by atoms with van der Waals surface area (Å²) in [6.07, 6.45) is 3.38. The molecule has 0 saturated heterocycles. The molecular weight excluding hydrogens is 444 g/mol. The molecule has 1 aliphatic rings. The van der Waals surface area contributed by atoms with Gasteiger partial charge in [0.15, 0.2) is 0 Å². The second-order valence-electron chi connectivity index (χ2n) is 8.13. The Hall–Kier alpha value is -3.06. The Balaban J connectivity index is 1.43. The average molecular weight is 473 g/mol. The van der Waals surface area contributed by atoms with Crippen molar-refractivity contribution in [3.05, 3.63) is 64.2 Å². The maximum atomic E-state index is 12.4. The standard InChI is InChI=1S/C25H29ClN2O5/c1-2-16-3-5-17(6-4-16)23(29)27-13-14-28-24(30)21-12-11-20(15-22(21)26)33-19-9-7-18(8-10-19)25(31)32/h3-6,11-12,15,18-19H,2,7-10,13-14H2,1H3,(H,27,29)(H,28,30)(H,31,32)/t18-,19+. The Morgan fingerprint density at radius 1 is 0.970 bits per heavy atom. The summed E-state index contributed by atoms with van der Waals surface area (Å²) >= 11 is 6.29. The molecule has 7 nitrogen and oxygen atoms in total. The van der Waals surface area contributed by atoms with Gasteiger partial charge in [0, 0.05) is 18.7 Å². The summed E-state index contributed by atoms with van der Waals surface area (Å²) in [5.41, 5.74) is 2.06. The minimum Gasteiger partial charge on any atom is -0.490 e. The minimum atomic E-state index is -0.753. The fraction of sp³-hybridized carbons (Fsp3) is 0.400. The molecule has 0 spiro atoms. The van der Waals surface area contributed by atoms with Crippen molar-refractivity contribution in [2.75, 3.05) is 13.1 Å². The average Bonchev–Trinajstić information content (AvgIpc) is 2.82. The van der Waals surface area contributed by atoms with Crippen LogP contribution in [0.3, 0.4) is 0 Å². The van der Waals surface area contributed by atoms with Crippen LogP contribution in [0.25, 0.3) is 0 Å². The molecule has 3 N–H and O–H groups in total. The number of carbonyl (C=O) groups excluding carboxylic acids is 2. The third kappa shape index (κ3) is 6.96. The highest BCUT2D eigenvalue weighted by Crippen LogP contribution is 2.29. The Morgan fingerprint density at radius 3 is 2.18 bits per heavy atom. The molecule has 0 radical (unpaired) electrons. The molecular formula is C25H29ClN2O5. The zero-order valence-electron chi connectivity index (χ0n) is 18.6. The van der Waals surface area contributed by atoms with Gasteiger partial charge in [0.1, 0.15) is 5.75 Å². The van der Waals surface area contributed by atoms with Crippen molar-refractivity contribution in [3.63, 3.8) is 0 Å². The number of rotatable bonds is 9. The first-order valence-electron chi connectivity index (χ1n) is 11.2. The first-order chi connectivity index (χ1) is 15.9. The molecule has 0 aliphatic heterocycles. The van der Waals surface area contributed by atoms with E-state index in [0.29, 0.717) is 42.6 Å². The van der Waals surface area contributed by atoms with Crippen LogP contribution in [-0.4, -0.2) is 42.1 Å². The van der Waals surface area contributed by atoms with E-state index in [1.165, 1.54) is 0 Å². The van der Waals surface area contributed by atoms with E-state index in [1.54, 1.807) is 30.3 Å². The molecule has 3 rings (SSSR count). The van der Waals surface area contributed by atoms with Crippen LogP contribution in [0.15, 0.2) is 42.5 Å². The van der Waals surface area contributed by atoms with Crippen molar-refractivity contribution < 1.29 is 24.2 Å². The highest BCUT2D eigenvalue weighted by molar-refractivity contribution is 6.34. The van der Waals surface area contributed by atoms with Crippen LogP contribution in [0.5, 0.6) is 5.75 Å². The quantitative estimate of drug-likeness (QED) is 0.477. The Morgan fingerprint density at radius 2 is 1.61 bits per heavy atom. The predicted molar refractivity (Wildman–Crippen MR) is 126 cm³/mol. The molecule has 33 heavy (non-hydrogen) atoms. The van der Waals surface area contributed by atoms with Crippen molar-refractivity contribution in [2.45, 2.75) is 45.1 Å². The number of amides is 2. The summed E-state index contributed by atoms with van der Waals surface area (Å²) in [6.45, 7) is 2.61. The number of aryl methyl sites for hydroxylation is 1. The van der Waals surface area contributed by atoms with E-state index in [4.69, 9.17) is 21.4 Å². The molecule has 0 unspecified atom stereocenters. The molecule has 0 heterocycles. The number of ether oxygens (including phenoxy) is 1. The molecule has 0 aromatic heterocycles. The predicted octanol–water partition coefficient (Wildman–Crippen LogP) is 4.08. The Kier molecular flexibility index (Phi) is 8.72. The number of carbonyl (C=O) groups is 3. The number of benzene rings is 2. The maximum absolute atomic E-state index is 12.4. The van der Waals surface area contributed by atoms with E-state index in [-0.39, 0.29) is 41.9 Å². The minimum absolute atomic E-state index is 0.0573. The molecule has 8 heteroatoms. The smallest absolute Gasteiger partial charge is 0.306 e. The molecule has 1 aliphatic carbocycles. The number of carboxylic acid groups (broad SMARTS) is 1. The van der Waals surface area contributed by atoms with Crippen LogP contribution in [0.4, 0.5) is 0 Å².